The number of rotatable bonds is 4. The summed E-state index contributed by atoms with van der Waals surface area (Å²) in [6.07, 6.45) is 7.88. The molecule has 4 fully saturated rings. The standard InChI is InChI=1S/C15H26N2O/c1-17-15(18)13(2-3-16)14-11-5-9-4-10(7-11)8-12(14)6-9/h9-14H,2-8,16H2,1H3,(H,17,18). The molecule has 18 heavy (non-hydrogen) atoms. The molecule has 0 heterocycles. The van der Waals surface area contributed by atoms with Crippen LogP contribution in [-0.2, 0) is 4.79 Å². The van der Waals surface area contributed by atoms with Crippen molar-refractivity contribution in [2.75, 3.05) is 13.6 Å². The molecule has 3 nitrogen and oxygen atoms in total. The van der Waals surface area contributed by atoms with Crippen LogP contribution in [0.3, 0.4) is 0 Å². The quantitative estimate of drug-likeness (QED) is 0.799. The summed E-state index contributed by atoms with van der Waals surface area (Å²) in [4.78, 5) is 12.2. The van der Waals surface area contributed by atoms with Crippen LogP contribution in [0.2, 0.25) is 0 Å². The first-order valence-corrected chi connectivity index (χ1v) is 7.64. The van der Waals surface area contributed by atoms with Gasteiger partial charge in [0.15, 0.2) is 0 Å². The van der Waals surface area contributed by atoms with Gasteiger partial charge in [0.2, 0.25) is 5.91 Å². The molecule has 4 bridgehead atoms. The molecule has 0 aromatic heterocycles. The van der Waals surface area contributed by atoms with Crippen LogP contribution in [0.5, 0.6) is 0 Å². The first-order chi connectivity index (χ1) is 8.72. The third-order valence-corrected chi connectivity index (χ3v) is 5.83. The van der Waals surface area contributed by atoms with Gasteiger partial charge in [-0.05, 0) is 74.7 Å². The van der Waals surface area contributed by atoms with E-state index in [1.54, 1.807) is 7.05 Å². The van der Waals surface area contributed by atoms with E-state index in [4.69, 9.17) is 5.73 Å². The summed E-state index contributed by atoms with van der Waals surface area (Å²) in [5.74, 6) is 4.62. The van der Waals surface area contributed by atoms with Crippen molar-refractivity contribution in [3.63, 3.8) is 0 Å². The van der Waals surface area contributed by atoms with Crippen LogP contribution in [0.15, 0.2) is 0 Å². The summed E-state index contributed by atoms with van der Waals surface area (Å²) in [6.45, 7) is 0.640. The molecule has 3 heteroatoms. The lowest BCUT2D eigenvalue weighted by Gasteiger charge is -2.56. The lowest BCUT2D eigenvalue weighted by Crippen LogP contribution is -2.50. The molecule has 0 saturated heterocycles. The van der Waals surface area contributed by atoms with E-state index in [9.17, 15) is 4.79 Å². The smallest absolute Gasteiger partial charge is 0.223 e. The van der Waals surface area contributed by atoms with Gasteiger partial charge in [-0.2, -0.15) is 0 Å². The molecular weight excluding hydrogens is 224 g/mol. The summed E-state index contributed by atoms with van der Waals surface area (Å²) in [7, 11) is 1.77. The van der Waals surface area contributed by atoms with Crippen LogP contribution in [0.1, 0.15) is 38.5 Å². The zero-order chi connectivity index (χ0) is 12.7. The van der Waals surface area contributed by atoms with Gasteiger partial charge in [0.25, 0.3) is 0 Å². The fourth-order valence-electron chi connectivity index (χ4n) is 5.49. The highest BCUT2D eigenvalue weighted by Gasteiger charge is 2.51. The number of hydrogen-bond acceptors (Lipinski definition) is 2. The SMILES string of the molecule is CNC(=O)C(CCN)C1C2CC3CC(C2)CC1C3. The summed E-state index contributed by atoms with van der Waals surface area (Å²) in [5.41, 5.74) is 5.74. The van der Waals surface area contributed by atoms with Crippen LogP contribution >= 0.6 is 0 Å². The van der Waals surface area contributed by atoms with Gasteiger partial charge in [-0.15, -0.1) is 0 Å². The Labute approximate surface area is 110 Å². The zero-order valence-electron chi connectivity index (χ0n) is 11.4. The molecule has 1 atom stereocenters. The number of carbonyl (C=O) groups excluding carboxylic acids is 1. The molecule has 0 aromatic carbocycles. The molecule has 4 rings (SSSR count). The molecule has 0 aromatic rings. The molecule has 1 amide bonds. The first kappa shape index (κ1) is 12.5. The number of amides is 1. The Balaban J connectivity index is 1.79. The Morgan fingerprint density at radius 3 is 2.17 bits per heavy atom. The predicted molar refractivity (Wildman–Crippen MR) is 71.8 cm³/mol. The van der Waals surface area contributed by atoms with E-state index in [-0.39, 0.29) is 11.8 Å². The first-order valence-electron chi connectivity index (χ1n) is 7.64. The highest BCUT2D eigenvalue weighted by molar-refractivity contribution is 5.78. The Morgan fingerprint density at radius 1 is 1.17 bits per heavy atom. The van der Waals surface area contributed by atoms with Crippen molar-refractivity contribution in [1.29, 1.82) is 0 Å². The topological polar surface area (TPSA) is 55.1 Å². The van der Waals surface area contributed by atoms with E-state index in [2.05, 4.69) is 5.32 Å². The average molecular weight is 250 g/mol. The fourth-order valence-corrected chi connectivity index (χ4v) is 5.49. The molecule has 0 spiro atoms. The van der Waals surface area contributed by atoms with E-state index in [1.807, 2.05) is 0 Å². The van der Waals surface area contributed by atoms with Crippen LogP contribution in [0.4, 0.5) is 0 Å². The van der Waals surface area contributed by atoms with Crippen molar-refractivity contribution in [1.82, 2.24) is 5.32 Å². The van der Waals surface area contributed by atoms with Gasteiger partial charge >= 0.3 is 0 Å². The summed E-state index contributed by atoms with van der Waals surface area (Å²) in [6, 6.07) is 0. The van der Waals surface area contributed by atoms with Gasteiger partial charge in [-0.1, -0.05) is 0 Å². The molecule has 102 valence electrons. The molecule has 4 aliphatic rings. The molecule has 4 saturated carbocycles. The monoisotopic (exact) mass is 250 g/mol. The second kappa shape index (κ2) is 4.84. The maximum Gasteiger partial charge on any atom is 0.223 e. The molecule has 0 aliphatic heterocycles. The molecule has 0 radical (unpaired) electrons. The normalized spacial score (nSPS) is 42.9. The third kappa shape index (κ3) is 1.97. The predicted octanol–water partition coefficient (Wildman–Crippen LogP) is 1.77. The van der Waals surface area contributed by atoms with Gasteiger partial charge < -0.3 is 11.1 Å². The molecule has 4 aliphatic carbocycles. The Bertz CT molecular complexity index is 300. The van der Waals surface area contributed by atoms with E-state index < -0.39 is 0 Å². The highest BCUT2D eigenvalue weighted by Crippen LogP contribution is 2.58. The Hall–Kier alpha value is -0.570. The zero-order valence-corrected chi connectivity index (χ0v) is 11.4. The maximum absolute atomic E-state index is 12.2. The largest absolute Gasteiger partial charge is 0.359 e. The highest BCUT2D eigenvalue weighted by atomic mass is 16.1. The number of hydrogen-bond donors (Lipinski definition) is 2. The van der Waals surface area contributed by atoms with Crippen LogP contribution in [0.25, 0.3) is 0 Å². The number of carbonyl (C=O) groups is 1. The van der Waals surface area contributed by atoms with Crippen molar-refractivity contribution in [2.45, 2.75) is 38.5 Å². The second-order valence-electron chi connectivity index (χ2n) is 6.81. The summed E-state index contributed by atoms with van der Waals surface area (Å²) >= 11 is 0. The molecule has 1 unspecified atom stereocenters. The molecular formula is C15H26N2O. The van der Waals surface area contributed by atoms with Gasteiger partial charge in [0, 0.05) is 13.0 Å². The Morgan fingerprint density at radius 2 is 1.72 bits per heavy atom. The minimum atomic E-state index is 0.176. The van der Waals surface area contributed by atoms with E-state index in [1.165, 1.54) is 32.1 Å². The lowest BCUT2D eigenvalue weighted by atomic mass is 9.49. The van der Waals surface area contributed by atoms with Crippen molar-refractivity contribution >= 4 is 5.91 Å². The minimum absolute atomic E-state index is 0.176. The Kier molecular flexibility index (Phi) is 3.35. The van der Waals surface area contributed by atoms with Crippen molar-refractivity contribution in [3.8, 4) is 0 Å². The van der Waals surface area contributed by atoms with E-state index in [0.717, 1.165) is 30.1 Å². The van der Waals surface area contributed by atoms with Crippen molar-refractivity contribution < 1.29 is 4.79 Å². The second-order valence-corrected chi connectivity index (χ2v) is 6.81. The van der Waals surface area contributed by atoms with Crippen molar-refractivity contribution in [3.05, 3.63) is 0 Å². The number of nitrogens with two attached hydrogens (primary N) is 1. The average Bonchev–Trinajstić information content (AvgIpc) is 2.35. The van der Waals surface area contributed by atoms with Gasteiger partial charge in [0.05, 0.1) is 0 Å². The van der Waals surface area contributed by atoms with Crippen LogP contribution < -0.4 is 11.1 Å². The fraction of sp³-hybridized carbons (Fsp3) is 0.933. The maximum atomic E-state index is 12.2. The van der Waals surface area contributed by atoms with E-state index >= 15 is 0 Å². The van der Waals surface area contributed by atoms with Gasteiger partial charge in [0.1, 0.15) is 0 Å². The summed E-state index contributed by atoms with van der Waals surface area (Å²) in [5, 5.41) is 2.86. The van der Waals surface area contributed by atoms with Gasteiger partial charge in [-0.3, -0.25) is 4.79 Å². The third-order valence-electron chi connectivity index (χ3n) is 5.83. The van der Waals surface area contributed by atoms with Gasteiger partial charge in [-0.25, -0.2) is 0 Å². The van der Waals surface area contributed by atoms with E-state index in [0.29, 0.717) is 12.5 Å². The summed E-state index contributed by atoms with van der Waals surface area (Å²) < 4.78 is 0. The number of nitrogens with one attached hydrogen (secondary N) is 1. The van der Waals surface area contributed by atoms with Crippen LogP contribution in [-0.4, -0.2) is 19.5 Å². The van der Waals surface area contributed by atoms with Crippen LogP contribution in [0, 0.1) is 35.5 Å². The minimum Gasteiger partial charge on any atom is -0.359 e. The molecule has 3 N–H and O–H groups in total. The lowest BCUT2D eigenvalue weighted by molar-refractivity contribution is -0.134. The van der Waals surface area contributed by atoms with Crippen molar-refractivity contribution in [2.24, 2.45) is 41.2 Å².